The average Bonchev–Trinajstić information content (AvgIpc) is 2.98. The van der Waals surface area contributed by atoms with Crippen molar-refractivity contribution in [2.75, 3.05) is 6.61 Å². The lowest BCUT2D eigenvalue weighted by molar-refractivity contribution is -0.385. The molecule has 1 fully saturated rings. The number of phenols is 1. The molecular formula is C14H18N2O5. The summed E-state index contributed by atoms with van der Waals surface area (Å²) in [5.41, 5.74) is -0.330. The van der Waals surface area contributed by atoms with Gasteiger partial charge in [-0.15, -0.1) is 0 Å². The number of hydrogen-bond donors (Lipinski definition) is 2. The van der Waals surface area contributed by atoms with Crippen molar-refractivity contribution in [2.45, 2.75) is 38.3 Å². The molecule has 0 bridgehead atoms. The molecular weight excluding hydrogens is 276 g/mol. The predicted octanol–water partition coefficient (Wildman–Crippen LogP) is 1.99. The number of nitrogens with one attached hydrogen (secondary N) is 1. The van der Waals surface area contributed by atoms with E-state index in [1.54, 1.807) is 0 Å². The molecule has 1 amide bonds. The number of nitro benzene ring substituents is 1. The van der Waals surface area contributed by atoms with Crippen LogP contribution in [0.3, 0.4) is 0 Å². The fourth-order valence-corrected chi connectivity index (χ4v) is 2.44. The summed E-state index contributed by atoms with van der Waals surface area (Å²) in [4.78, 5) is 22.2. The van der Waals surface area contributed by atoms with Crippen molar-refractivity contribution in [1.29, 1.82) is 0 Å². The van der Waals surface area contributed by atoms with Crippen LogP contribution in [0.5, 0.6) is 5.75 Å². The lowest BCUT2D eigenvalue weighted by Crippen LogP contribution is -2.42. The van der Waals surface area contributed by atoms with E-state index in [9.17, 15) is 20.0 Å². The fourth-order valence-electron chi connectivity index (χ4n) is 2.44. The number of benzene rings is 1. The first kappa shape index (κ1) is 15.2. The van der Waals surface area contributed by atoms with E-state index in [0.717, 1.165) is 31.4 Å². The number of aromatic hydroxyl groups is 1. The highest BCUT2D eigenvalue weighted by Gasteiger charge is 2.27. The van der Waals surface area contributed by atoms with Crippen LogP contribution in [0.1, 0.15) is 36.5 Å². The monoisotopic (exact) mass is 294 g/mol. The second-order valence-electron chi connectivity index (χ2n) is 5.00. The van der Waals surface area contributed by atoms with Crippen molar-refractivity contribution >= 4 is 11.6 Å². The Bertz CT molecular complexity index is 540. The minimum atomic E-state index is -0.719. The minimum absolute atomic E-state index is 0.00829. The Labute approximate surface area is 122 Å². The molecule has 7 nitrogen and oxygen atoms in total. The summed E-state index contributed by atoms with van der Waals surface area (Å²) in [7, 11) is 0. The normalized spacial score (nSPS) is 19.2. The summed E-state index contributed by atoms with van der Waals surface area (Å²) in [6, 6.07) is 3.47. The molecule has 7 heteroatoms. The van der Waals surface area contributed by atoms with Crippen molar-refractivity contribution in [3.8, 4) is 5.75 Å². The minimum Gasteiger partial charge on any atom is -0.502 e. The molecule has 1 saturated heterocycles. The number of nitrogens with zero attached hydrogens (tertiary/aromatic N) is 1. The number of amides is 1. The third kappa shape index (κ3) is 3.49. The van der Waals surface area contributed by atoms with Gasteiger partial charge >= 0.3 is 5.69 Å². The molecule has 2 atom stereocenters. The molecule has 0 aliphatic carbocycles. The highest BCUT2D eigenvalue weighted by Crippen LogP contribution is 2.26. The molecule has 0 saturated carbocycles. The van der Waals surface area contributed by atoms with Crippen molar-refractivity contribution in [3.63, 3.8) is 0 Å². The zero-order chi connectivity index (χ0) is 15.4. The number of carbonyl (C=O) groups is 1. The molecule has 1 aromatic rings. The standard InChI is InChI=1S/C14H18N2O5/c1-2-10(13-4-3-7-21-13)15-14(18)9-5-6-12(17)11(8-9)16(19)20/h5-6,8,10,13,17H,2-4,7H2,1H3,(H,15,18). The van der Waals surface area contributed by atoms with Gasteiger partial charge in [0.25, 0.3) is 5.91 Å². The van der Waals surface area contributed by atoms with Crippen LogP contribution in [0.2, 0.25) is 0 Å². The van der Waals surface area contributed by atoms with Gasteiger partial charge in [-0.25, -0.2) is 0 Å². The second kappa shape index (κ2) is 6.53. The van der Waals surface area contributed by atoms with E-state index in [1.807, 2.05) is 6.92 Å². The van der Waals surface area contributed by atoms with Gasteiger partial charge in [0.2, 0.25) is 0 Å². The summed E-state index contributed by atoms with van der Waals surface area (Å²) < 4.78 is 5.56. The Hall–Kier alpha value is -2.15. The van der Waals surface area contributed by atoms with Gasteiger partial charge in [0.1, 0.15) is 0 Å². The maximum absolute atomic E-state index is 12.2. The van der Waals surface area contributed by atoms with Gasteiger partial charge < -0.3 is 15.2 Å². The fraction of sp³-hybridized carbons (Fsp3) is 0.500. The first-order chi connectivity index (χ1) is 10.0. The van der Waals surface area contributed by atoms with Crippen molar-refractivity contribution in [1.82, 2.24) is 5.32 Å². The second-order valence-corrected chi connectivity index (χ2v) is 5.00. The number of nitro groups is 1. The Balaban J connectivity index is 2.12. The number of hydrogen-bond acceptors (Lipinski definition) is 5. The third-order valence-electron chi connectivity index (χ3n) is 3.60. The lowest BCUT2D eigenvalue weighted by atomic mass is 10.0. The largest absolute Gasteiger partial charge is 0.502 e. The number of phenolic OH excluding ortho intramolecular Hbond substituents is 1. The van der Waals surface area contributed by atoms with E-state index in [2.05, 4.69) is 5.32 Å². The molecule has 2 N–H and O–H groups in total. The molecule has 1 aliphatic heterocycles. The van der Waals surface area contributed by atoms with Crippen LogP contribution in [0.15, 0.2) is 18.2 Å². The van der Waals surface area contributed by atoms with Gasteiger partial charge in [0.05, 0.1) is 17.1 Å². The summed E-state index contributed by atoms with van der Waals surface area (Å²) in [6.45, 7) is 2.65. The van der Waals surface area contributed by atoms with Crippen molar-refractivity contribution in [3.05, 3.63) is 33.9 Å². The number of rotatable bonds is 5. The van der Waals surface area contributed by atoms with Crippen LogP contribution in [0, 0.1) is 10.1 Å². The Kier molecular flexibility index (Phi) is 4.74. The molecule has 0 radical (unpaired) electrons. The quantitative estimate of drug-likeness (QED) is 0.638. The van der Waals surface area contributed by atoms with Crippen LogP contribution in [0.25, 0.3) is 0 Å². The topological polar surface area (TPSA) is 102 Å². The summed E-state index contributed by atoms with van der Waals surface area (Å²) >= 11 is 0. The van der Waals surface area contributed by atoms with Crippen LogP contribution in [-0.2, 0) is 4.74 Å². The summed E-state index contributed by atoms with van der Waals surface area (Å²) in [5, 5.41) is 23.0. The Morgan fingerprint density at radius 3 is 2.95 bits per heavy atom. The van der Waals surface area contributed by atoms with E-state index in [0.29, 0.717) is 6.61 Å². The predicted molar refractivity (Wildman–Crippen MR) is 75.3 cm³/mol. The van der Waals surface area contributed by atoms with Gasteiger partial charge in [0.15, 0.2) is 5.75 Å². The van der Waals surface area contributed by atoms with E-state index >= 15 is 0 Å². The van der Waals surface area contributed by atoms with Gasteiger partial charge in [-0.2, -0.15) is 0 Å². The van der Waals surface area contributed by atoms with E-state index in [4.69, 9.17) is 4.74 Å². The number of ether oxygens (including phenoxy) is 1. The Morgan fingerprint density at radius 1 is 1.62 bits per heavy atom. The molecule has 0 spiro atoms. The third-order valence-corrected chi connectivity index (χ3v) is 3.60. The molecule has 1 heterocycles. The van der Waals surface area contributed by atoms with Crippen LogP contribution < -0.4 is 5.32 Å². The first-order valence-electron chi connectivity index (χ1n) is 6.92. The highest BCUT2D eigenvalue weighted by molar-refractivity contribution is 5.95. The van der Waals surface area contributed by atoms with E-state index in [1.165, 1.54) is 6.07 Å². The molecule has 0 aromatic heterocycles. The van der Waals surface area contributed by atoms with Crippen molar-refractivity contribution in [2.24, 2.45) is 0 Å². The molecule has 114 valence electrons. The SMILES string of the molecule is CCC(NC(=O)c1ccc(O)c([N+](=O)[O-])c1)C1CCCO1. The van der Waals surface area contributed by atoms with Gasteiger partial charge in [-0.3, -0.25) is 14.9 Å². The van der Waals surface area contributed by atoms with Crippen LogP contribution >= 0.6 is 0 Å². The van der Waals surface area contributed by atoms with Crippen LogP contribution in [0.4, 0.5) is 5.69 Å². The smallest absolute Gasteiger partial charge is 0.311 e. The van der Waals surface area contributed by atoms with Gasteiger partial charge in [0, 0.05) is 18.2 Å². The molecule has 1 aromatic carbocycles. The number of carbonyl (C=O) groups excluding carboxylic acids is 1. The Morgan fingerprint density at radius 2 is 2.38 bits per heavy atom. The molecule has 2 rings (SSSR count). The summed E-state index contributed by atoms with van der Waals surface area (Å²) in [6.07, 6.45) is 2.58. The molecule has 21 heavy (non-hydrogen) atoms. The molecule has 2 unspecified atom stereocenters. The zero-order valence-corrected chi connectivity index (χ0v) is 11.7. The van der Waals surface area contributed by atoms with E-state index in [-0.39, 0.29) is 17.7 Å². The highest BCUT2D eigenvalue weighted by atomic mass is 16.6. The lowest BCUT2D eigenvalue weighted by Gasteiger charge is -2.22. The maximum atomic E-state index is 12.2. The summed E-state index contributed by atoms with van der Waals surface area (Å²) in [5.74, 6) is -0.858. The maximum Gasteiger partial charge on any atom is 0.311 e. The van der Waals surface area contributed by atoms with E-state index < -0.39 is 22.3 Å². The van der Waals surface area contributed by atoms with Gasteiger partial charge in [-0.1, -0.05) is 6.92 Å². The first-order valence-corrected chi connectivity index (χ1v) is 6.92. The average molecular weight is 294 g/mol. The molecule has 1 aliphatic rings. The van der Waals surface area contributed by atoms with Gasteiger partial charge in [-0.05, 0) is 31.4 Å². The zero-order valence-electron chi connectivity index (χ0n) is 11.7. The van der Waals surface area contributed by atoms with Crippen LogP contribution in [-0.4, -0.2) is 34.7 Å². The van der Waals surface area contributed by atoms with Crippen molar-refractivity contribution < 1.29 is 19.6 Å².